The Balaban J connectivity index is 1.59. The maximum Gasteiger partial charge on any atom is 0.263 e. The number of hydrogen-bond donors (Lipinski definition) is 2. The highest BCUT2D eigenvalue weighted by atomic mass is 32.2. The van der Waals surface area contributed by atoms with Crippen molar-refractivity contribution in [1.29, 1.82) is 0 Å². The summed E-state index contributed by atoms with van der Waals surface area (Å²) in [5, 5.41) is 2.77. The number of sulfonamides is 1. The second kappa shape index (κ2) is 7.97. The monoisotopic (exact) mass is 405 g/mol. The Morgan fingerprint density at radius 3 is 2.75 bits per heavy atom. The average molecular weight is 405 g/mol. The molecule has 1 unspecified atom stereocenters. The number of hydrogen-bond acceptors (Lipinski definition) is 5. The lowest BCUT2D eigenvalue weighted by atomic mass is 10.1. The van der Waals surface area contributed by atoms with Crippen LogP contribution in [-0.2, 0) is 14.8 Å². The number of aliphatic imine (C=N–C) groups is 1. The minimum Gasteiger partial charge on any atom is -0.494 e. The second-order valence-electron chi connectivity index (χ2n) is 6.27. The summed E-state index contributed by atoms with van der Waals surface area (Å²) in [5.41, 5.74) is 1.10. The van der Waals surface area contributed by atoms with Crippen molar-refractivity contribution >= 4 is 21.8 Å². The van der Waals surface area contributed by atoms with Gasteiger partial charge in [-0.05, 0) is 36.8 Å². The Labute approximate surface area is 162 Å². The molecule has 0 aliphatic carbocycles. The van der Waals surface area contributed by atoms with Gasteiger partial charge in [0.1, 0.15) is 5.84 Å². The third kappa shape index (κ3) is 4.14. The van der Waals surface area contributed by atoms with Gasteiger partial charge in [-0.3, -0.25) is 14.5 Å². The topological polar surface area (TPSA) is 96.9 Å². The predicted molar refractivity (Wildman–Crippen MR) is 102 cm³/mol. The van der Waals surface area contributed by atoms with Crippen LogP contribution in [0.1, 0.15) is 30.5 Å². The molecule has 1 heterocycles. The zero-order chi connectivity index (χ0) is 20.3. The summed E-state index contributed by atoms with van der Waals surface area (Å²) in [6.45, 7) is 1.86. The van der Waals surface area contributed by atoms with Gasteiger partial charge in [-0.2, -0.15) is 0 Å². The molecule has 28 heavy (non-hydrogen) atoms. The molecule has 148 valence electrons. The van der Waals surface area contributed by atoms with E-state index >= 15 is 0 Å². The first kappa shape index (κ1) is 19.8. The Morgan fingerprint density at radius 1 is 1.29 bits per heavy atom. The van der Waals surface area contributed by atoms with Crippen LogP contribution in [-0.4, -0.2) is 33.8 Å². The van der Waals surface area contributed by atoms with Crippen LogP contribution in [0.5, 0.6) is 5.75 Å². The molecule has 7 nitrogen and oxygen atoms in total. The standard InChI is InChI=1S/C19H20FN3O4S/c1-12(13-7-8-16(27-2)15(20)11-13)22-18(24)9-10-21-19-14-5-3-4-6-17(14)28(25,26)23-19/h3-8,11-12H,9-10H2,1-2H3,(H,21,23)(H,22,24). The highest BCUT2D eigenvalue weighted by Crippen LogP contribution is 2.23. The molecule has 2 aromatic carbocycles. The van der Waals surface area contributed by atoms with E-state index in [1.54, 1.807) is 31.2 Å². The summed E-state index contributed by atoms with van der Waals surface area (Å²) in [5.74, 6) is -0.409. The molecule has 0 fully saturated rings. The van der Waals surface area contributed by atoms with E-state index in [0.717, 1.165) is 0 Å². The van der Waals surface area contributed by atoms with E-state index in [2.05, 4.69) is 15.0 Å². The number of amides is 1. The van der Waals surface area contributed by atoms with Gasteiger partial charge in [0.25, 0.3) is 10.0 Å². The van der Waals surface area contributed by atoms with E-state index in [4.69, 9.17) is 4.74 Å². The average Bonchev–Trinajstić information content (AvgIpc) is 2.92. The molecular formula is C19H20FN3O4S. The Kier molecular flexibility index (Phi) is 5.64. The SMILES string of the molecule is COc1ccc(C(C)NC(=O)CCN=C2NS(=O)(=O)c3ccccc32)cc1F. The van der Waals surface area contributed by atoms with Gasteiger partial charge in [0.2, 0.25) is 5.91 Å². The number of nitrogens with zero attached hydrogens (tertiary/aromatic N) is 1. The molecule has 1 aliphatic rings. The van der Waals surface area contributed by atoms with Gasteiger partial charge in [0.05, 0.1) is 24.6 Å². The molecule has 0 saturated carbocycles. The zero-order valence-corrected chi connectivity index (χ0v) is 16.2. The van der Waals surface area contributed by atoms with Crippen molar-refractivity contribution in [3.05, 3.63) is 59.4 Å². The fraction of sp³-hybridized carbons (Fsp3) is 0.263. The first-order chi connectivity index (χ1) is 13.3. The van der Waals surface area contributed by atoms with Gasteiger partial charge in [0.15, 0.2) is 11.6 Å². The summed E-state index contributed by atoms with van der Waals surface area (Å²) in [6, 6.07) is 10.6. The molecule has 1 aliphatic heterocycles. The first-order valence-corrected chi connectivity index (χ1v) is 10.1. The second-order valence-corrected chi connectivity index (χ2v) is 7.92. The molecule has 2 N–H and O–H groups in total. The largest absolute Gasteiger partial charge is 0.494 e. The van der Waals surface area contributed by atoms with E-state index < -0.39 is 21.9 Å². The number of fused-ring (bicyclic) bond motifs is 1. The van der Waals surface area contributed by atoms with Crippen molar-refractivity contribution in [2.45, 2.75) is 24.3 Å². The van der Waals surface area contributed by atoms with Crippen LogP contribution in [0.25, 0.3) is 0 Å². The van der Waals surface area contributed by atoms with Gasteiger partial charge in [-0.25, -0.2) is 12.8 Å². The minimum atomic E-state index is -3.60. The van der Waals surface area contributed by atoms with E-state index in [-0.39, 0.29) is 35.4 Å². The van der Waals surface area contributed by atoms with Gasteiger partial charge in [-0.15, -0.1) is 0 Å². The van der Waals surface area contributed by atoms with Crippen molar-refractivity contribution in [3.8, 4) is 5.75 Å². The van der Waals surface area contributed by atoms with Gasteiger partial charge >= 0.3 is 0 Å². The lowest BCUT2D eigenvalue weighted by molar-refractivity contribution is -0.121. The van der Waals surface area contributed by atoms with Crippen molar-refractivity contribution in [3.63, 3.8) is 0 Å². The van der Waals surface area contributed by atoms with Crippen LogP contribution >= 0.6 is 0 Å². The number of rotatable bonds is 6. The number of ether oxygens (including phenoxy) is 1. The summed E-state index contributed by atoms with van der Waals surface area (Å²) in [7, 11) is -2.21. The maximum atomic E-state index is 13.8. The van der Waals surface area contributed by atoms with Crippen molar-refractivity contribution in [2.75, 3.05) is 13.7 Å². The number of carbonyl (C=O) groups excluding carboxylic acids is 1. The van der Waals surface area contributed by atoms with Gasteiger partial charge in [-0.1, -0.05) is 18.2 Å². The number of carbonyl (C=O) groups is 1. The molecule has 0 radical (unpaired) electrons. The fourth-order valence-corrected chi connectivity index (χ4v) is 4.12. The quantitative estimate of drug-likeness (QED) is 0.770. The minimum absolute atomic E-state index is 0.0658. The smallest absolute Gasteiger partial charge is 0.263 e. The van der Waals surface area contributed by atoms with Crippen molar-refractivity contribution < 1.29 is 22.3 Å². The Bertz CT molecular complexity index is 1040. The highest BCUT2D eigenvalue weighted by molar-refractivity contribution is 7.90. The van der Waals surface area contributed by atoms with Crippen LogP contribution in [0.2, 0.25) is 0 Å². The number of halogens is 1. The third-order valence-electron chi connectivity index (χ3n) is 4.32. The first-order valence-electron chi connectivity index (χ1n) is 8.61. The predicted octanol–water partition coefficient (Wildman–Crippen LogP) is 2.14. The molecule has 2 aromatic rings. The molecule has 1 atom stereocenters. The molecule has 0 saturated heterocycles. The molecule has 0 bridgehead atoms. The molecule has 0 spiro atoms. The number of nitrogens with one attached hydrogen (secondary N) is 2. The number of methoxy groups -OCH3 is 1. The number of benzene rings is 2. The summed E-state index contributed by atoms with van der Waals surface area (Å²) in [6.07, 6.45) is 0.0658. The Hall–Kier alpha value is -2.94. The van der Waals surface area contributed by atoms with Gasteiger partial charge < -0.3 is 10.1 Å². The molecule has 9 heteroatoms. The van der Waals surface area contributed by atoms with Crippen LogP contribution in [0.4, 0.5) is 4.39 Å². The summed E-state index contributed by atoms with van der Waals surface area (Å²) < 4.78 is 45.1. The van der Waals surface area contributed by atoms with E-state index in [1.165, 1.54) is 25.3 Å². The van der Waals surface area contributed by atoms with E-state index in [9.17, 15) is 17.6 Å². The lowest BCUT2D eigenvalue weighted by Crippen LogP contribution is -2.27. The lowest BCUT2D eigenvalue weighted by Gasteiger charge is -2.15. The Morgan fingerprint density at radius 2 is 2.04 bits per heavy atom. The fourth-order valence-electron chi connectivity index (χ4n) is 2.87. The van der Waals surface area contributed by atoms with Crippen LogP contribution in [0, 0.1) is 5.82 Å². The highest BCUT2D eigenvalue weighted by Gasteiger charge is 2.29. The molecule has 0 aromatic heterocycles. The van der Waals surface area contributed by atoms with Crippen LogP contribution in [0.3, 0.4) is 0 Å². The van der Waals surface area contributed by atoms with E-state index in [1.807, 2.05) is 0 Å². The normalized spacial score (nSPS) is 16.9. The third-order valence-corrected chi connectivity index (χ3v) is 5.72. The molecule has 1 amide bonds. The maximum absolute atomic E-state index is 13.8. The molecular weight excluding hydrogens is 385 g/mol. The van der Waals surface area contributed by atoms with Crippen LogP contribution < -0.4 is 14.8 Å². The van der Waals surface area contributed by atoms with Gasteiger partial charge in [0, 0.05) is 12.0 Å². The van der Waals surface area contributed by atoms with Crippen LogP contribution in [0.15, 0.2) is 52.4 Å². The number of amidine groups is 1. The van der Waals surface area contributed by atoms with Crippen molar-refractivity contribution in [1.82, 2.24) is 10.0 Å². The summed E-state index contributed by atoms with van der Waals surface area (Å²) >= 11 is 0. The zero-order valence-electron chi connectivity index (χ0n) is 15.4. The molecule has 3 rings (SSSR count). The van der Waals surface area contributed by atoms with Crippen molar-refractivity contribution in [2.24, 2.45) is 4.99 Å². The van der Waals surface area contributed by atoms with E-state index in [0.29, 0.717) is 11.1 Å². The summed E-state index contributed by atoms with van der Waals surface area (Å²) in [4.78, 5) is 16.5.